The summed E-state index contributed by atoms with van der Waals surface area (Å²) in [6, 6.07) is 5.04. The van der Waals surface area contributed by atoms with Gasteiger partial charge in [-0.3, -0.25) is 9.69 Å². The molecule has 0 bridgehead atoms. The summed E-state index contributed by atoms with van der Waals surface area (Å²) in [6.45, 7) is 8.60. The van der Waals surface area contributed by atoms with Gasteiger partial charge in [0.1, 0.15) is 11.4 Å². The van der Waals surface area contributed by atoms with Crippen molar-refractivity contribution >= 4 is 39.3 Å². The number of piperidine rings is 1. The molecule has 7 rings (SSSR count). The molecule has 46 heavy (non-hydrogen) atoms. The van der Waals surface area contributed by atoms with Crippen molar-refractivity contribution in [1.29, 1.82) is 0 Å². The fraction of sp³-hybridized carbons (Fsp3) is 0.647. The van der Waals surface area contributed by atoms with Crippen molar-refractivity contribution in [1.82, 2.24) is 14.9 Å². The Labute approximate surface area is 271 Å². The van der Waals surface area contributed by atoms with Gasteiger partial charge in [-0.25, -0.2) is 18.2 Å². The van der Waals surface area contributed by atoms with Crippen LogP contribution in [-0.4, -0.2) is 76.5 Å². The number of sulfone groups is 1. The molecule has 1 aromatic carbocycles. The number of nitrogens with zero attached hydrogens (tertiary/aromatic N) is 4. The summed E-state index contributed by atoms with van der Waals surface area (Å²) in [5.74, 6) is 1.06. The smallest absolute Gasteiger partial charge is 0.410 e. The second-order valence-electron chi connectivity index (χ2n) is 15.3. The fourth-order valence-corrected chi connectivity index (χ4v) is 10.1. The summed E-state index contributed by atoms with van der Waals surface area (Å²) in [5, 5.41) is 13.1. The third kappa shape index (κ3) is 5.44. The van der Waals surface area contributed by atoms with Crippen LogP contribution in [0.1, 0.15) is 96.1 Å². The number of hydrogen-bond donors (Lipinski definition) is 2. The minimum absolute atomic E-state index is 0.0400. The number of carbonyl (C=O) groups excluding carboxylic acids is 2. The van der Waals surface area contributed by atoms with Crippen LogP contribution in [0.15, 0.2) is 29.3 Å². The molecule has 2 N–H and O–H groups in total. The molecule has 4 fully saturated rings. The minimum Gasteiger partial charge on any atom is -0.444 e. The van der Waals surface area contributed by atoms with Gasteiger partial charge in [0.15, 0.2) is 9.84 Å². The Balaban J connectivity index is 1.02. The highest BCUT2D eigenvalue weighted by Gasteiger charge is 2.61. The van der Waals surface area contributed by atoms with Gasteiger partial charge in [-0.15, -0.1) is 0 Å². The quantitative estimate of drug-likeness (QED) is 0.448. The number of hydrogen-bond acceptors (Lipinski definition) is 9. The zero-order valence-electron chi connectivity index (χ0n) is 27.2. The van der Waals surface area contributed by atoms with Gasteiger partial charge in [0.2, 0.25) is 11.9 Å². The van der Waals surface area contributed by atoms with Crippen molar-refractivity contribution in [3.8, 4) is 0 Å². The van der Waals surface area contributed by atoms with Crippen LogP contribution in [0, 0.1) is 12.3 Å². The SMILES string of the molecule is Cc1cc(S(=O)(=O)C2CC3(CCN(C(=O)OC(C)(C)C)CC3)C2)ccc1Nc1ncc2c(n1)N([C@@H]1CCC[C@@H](O)C1)C(=O)C21CC1. The Kier molecular flexibility index (Phi) is 7.43. The number of aromatic nitrogens is 2. The van der Waals surface area contributed by atoms with E-state index in [0.29, 0.717) is 54.7 Å². The average molecular weight is 652 g/mol. The summed E-state index contributed by atoms with van der Waals surface area (Å²) < 4.78 is 32.8. The zero-order valence-corrected chi connectivity index (χ0v) is 28.0. The Morgan fingerprint density at radius 2 is 1.83 bits per heavy atom. The number of amides is 2. The second-order valence-corrected chi connectivity index (χ2v) is 17.5. The van der Waals surface area contributed by atoms with E-state index < -0.39 is 32.2 Å². The monoisotopic (exact) mass is 651 g/mol. The maximum absolute atomic E-state index is 13.6. The van der Waals surface area contributed by atoms with E-state index in [9.17, 15) is 23.1 Å². The van der Waals surface area contributed by atoms with E-state index >= 15 is 0 Å². The van der Waals surface area contributed by atoms with Gasteiger partial charge in [-0.2, -0.15) is 4.98 Å². The highest BCUT2D eigenvalue weighted by molar-refractivity contribution is 7.92. The number of likely N-dealkylation sites (tertiary alicyclic amines) is 1. The molecular weight excluding hydrogens is 606 g/mol. The van der Waals surface area contributed by atoms with E-state index in [1.54, 1.807) is 29.3 Å². The van der Waals surface area contributed by atoms with Gasteiger partial charge in [0.25, 0.3) is 0 Å². The molecule has 248 valence electrons. The van der Waals surface area contributed by atoms with Crippen molar-refractivity contribution in [2.45, 2.75) is 125 Å². The lowest BCUT2D eigenvalue weighted by molar-refractivity contribution is -0.121. The van der Waals surface area contributed by atoms with Crippen LogP contribution < -0.4 is 10.2 Å². The summed E-state index contributed by atoms with van der Waals surface area (Å²) >= 11 is 0. The number of nitrogens with one attached hydrogen (secondary N) is 1. The summed E-state index contributed by atoms with van der Waals surface area (Å²) in [4.78, 5) is 39.2. The van der Waals surface area contributed by atoms with Crippen molar-refractivity contribution < 1.29 is 27.9 Å². The molecule has 0 radical (unpaired) electrons. The average Bonchev–Trinajstić information content (AvgIpc) is 3.74. The first-order chi connectivity index (χ1) is 21.7. The van der Waals surface area contributed by atoms with E-state index in [-0.39, 0.29) is 23.5 Å². The maximum Gasteiger partial charge on any atom is 0.410 e. The topological polar surface area (TPSA) is 142 Å². The van der Waals surface area contributed by atoms with Crippen LogP contribution in [0.25, 0.3) is 0 Å². The van der Waals surface area contributed by atoms with Crippen molar-refractivity contribution in [3.63, 3.8) is 0 Å². The van der Waals surface area contributed by atoms with E-state index in [2.05, 4.69) is 10.3 Å². The highest BCUT2D eigenvalue weighted by atomic mass is 32.2. The number of carbonyl (C=O) groups is 2. The Hall–Kier alpha value is -3.25. The number of benzene rings is 1. The minimum atomic E-state index is -3.52. The first-order valence-corrected chi connectivity index (χ1v) is 18.2. The molecule has 2 amide bonds. The number of rotatable bonds is 5. The number of ether oxygens (including phenoxy) is 1. The number of fused-ring (bicyclic) bond motifs is 2. The molecule has 3 saturated carbocycles. The predicted molar refractivity (Wildman–Crippen MR) is 173 cm³/mol. The number of aliphatic hydroxyl groups is 1. The number of aryl methyl sites for hydroxylation is 1. The van der Waals surface area contributed by atoms with Crippen LogP contribution >= 0.6 is 0 Å². The lowest BCUT2D eigenvalue weighted by Crippen LogP contribution is -2.53. The van der Waals surface area contributed by atoms with E-state index in [1.807, 2.05) is 32.6 Å². The molecule has 3 aliphatic carbocycles. The highest BCUT2D eigenvalue weighted by Crippen LogP contribution is 2.58. The van der Waals surface area contributed by atoms with Crippen LogP contribution in [0.4, 0.5) is 22.2 Å². The molecule has 5 aliphatic rings. The number of aliphatic hydroxyl groups excluding tert-OH is 1. The van der Waals surface area contributed by atoms with Gasteiger partial charge >= 0.3 is 6.09 Å². The van der Waals surface area contributed by atoms with Crippen LogP contribution in [0.2, 0.25) is 0 Å². The Bertz CT molecular complexity index is 1670. The third-order valence-electron chi connectivity index (χ3n) is 10.9. The van der Waals surface area contributed by atoms with Gasteiger partial charge < -0.3 is 20.1 Å². The lowest BCUT2D eigenvalue weighted by Gasteiger charge is -2.51. The molecule has 1 aromatic heterocycles. The normalized spacial score (nSPS) is 25.4. The summed E-state index contributed by atoms with van der Waals surface area (Å²) in [5.41, 5.74) is 1.23. The molecule has 12 heteroatoms. The Morgan fingerprint density at radius 3 is 2.46 bits per heavy atom. The zero-order chi connectivity index (χ0) is 32.6. The molecule has 2 aliphatic heterocycles. The van der Waals surface area contributed by atoms with Crippen LogP contribution in [-0.2, 0) is 24.8 Å². The molecule has 2 aromatic rings. The fourth-order valence-electron chi connectivity index (χ4n) is 8.01. The van der Waals surface area contributed by atoms with E-state index in [1.165, 1.54) is 0 Å². The number of anilines is 3. The lowest BCUT2D eigenvalue weighted by atomic mass is 9.63. The van der Waals surface area contributed by atoms with Gasteiger partial charge in [-0.1, -0.05) is 0 Å². The Morgan fingerprint density at radius 1 is 1.11 bits per heavy atom. The molecule has 0 unspecified atom stereocenters. The molecule has 2 spiro atoms. The van der Waals surface area contributed by atoms with Crippen molar-refractivity contribution in [3.05, 3.63) is 35.5 Å². The molecule has 2 atom stereocenters. The largest absolute Gasteiger partial charge is 0.444 e. The van der Waals surface area contributed by atoms with Gasteiger partial charge in [-0.05, 0) is 121 Å². The van der Waals surface area contributed by atoms with E-state index in [0.717, 1.165) is 56.1 Å². The van der Waals surface area contributed by atoms with Crippen molar-refractivity contribution in [2.75, 3.05) is 23.3 Å². The standard InChI is InChI=1S/C34H45N5O6S/c1-21-16-24(46(43,44)25-18-33(19-25)12-14-38(15-13-33)31(42)45-32(2,3)4)8-9-27(21)36-30-35-20-26-28(37-30)39(29(41)34(26)10-11-34)22-6-5-7-23(40)17-22/h8-9,16,20,22-23,25,40H,5-7,10-15,17-19H2,1-4H3,(H,35,36,37)/t22-,23-/m1/s1. The first-order valence-electron chi connectivity index (χ1n) is 16.7. The van der Waals surface area contributed by atoms with Crippen molar-refractivity contribution in [2.24, 2.45) is 5.41 Å². The predicted octanol–water partition coefficient (Wildman–Crippen LogP) is 5.16. The van der Waals surface area contributed by atoms with Gasteiger partial charge in [0.05, 0.1) is 21.7 Å². The summed E-state index contributed by atoms with van der Waals surface area (Å²) in [6.07, 6.45) is 8.43. The molecular formula is C34H45N5O6S. The molecule has 1 saturated heterocycles. The van der Waals surface area contributed by atoms with Crippen LogP contribution in [0.3, 0.4) is 0 Å². The van der Waals surface area contributed by atoms with E-state index in [4.69, 9.17) is 9.72 Å². The van der Waals surface area contributed by atoms with Crippen LogP contribution in [0.5, 0.6) is 0 Å². The maximum atomic E-state index is 13.6. The molecule has 3 heterocycles. The first kappa shape index (κ1) is 31.4. The third-order valence-corrected chi connectivity index (χ3v) is 13.0. The summed E-state index contributed by atoms with van der Waals surface area (Å²) in [7, 11) is -3.52. The second kappa shape index (κ2) is 10.9. The van der Waals surface area contributed by atoms with Gasteiger partial charge in [0, 0.05) is 36.6 Å². The molecule has 11 nitrogen and oxygen atoms in total.